The van der Waals surface area contributed by atoms with Crippen LogP contribution in [0.4, 0.5) is 4.79 Å². The highest BCUT2D eigenvalue weighted by Crippen LogP contribution is 2.32. The first kappa shape index (κ1) is 31.5. The number of hydrogen-bond donors (Lipinski definition) is 4. The van der Waals surface area contributed by atoms with E-state index in [1.165, 1.54) is 22.3 Å². The second kappa shape index (κ2) is 14.7. The molecule has 47 heavy (non-hydrogen) atoms. The van der Waals surface area contributed by atoms with Gasteiger partial charge in [0.2, 0.25) is 11.8 Å². The quantitative estimate of drug-likeness (QED) is 0.0996. The molecular weight excluding hydrogens is 584 g/mol. The van der Waals surface area contributed by atoms with Crippen molar-refractivity contribution in [3.8, 4) is 0 Å². The molecule has 4 N–H and O–H groups in total. The molecule has 0 heterocycles. The molecule has 5 aromatic rings. The Morgan fingerprint density at radius 1 is 0.638 bits per heavy atom. The van der Waals surface area contributed by atoms with Crippen LogP contribution < -0.4 is 16.0 Å². The number of amides is 2. The first-order valence-corrected chi connectivity index (χ1v) is 15.9. The van der Waals surface area contributed by atoms with Crippen molar-refractivity contribution in [1.82, 2.24) is 16.0 Å². The molecule has 0 spiro atoms. The Bertz CT molecular complexity index is 1750. The highest BCUT2D eigenvalue weighted by molar-refractivity contribution is 5.98. The zero-order valence-corrected chi connectivity index (χ0v) is 26.1. The predicted molar refractivity (Wildman–Crippen MR) is 184 cm³/mol. The molecule has 2 amide bonds. The molecule has 5 aromatic carbocycles. The van der Waals surface area contributed by atoms with E-state index >= 15 is 0 Å². The average Bonchev–Trinajstić information content (AvgIpc) is 3.51. The molecule has 6 rings (SSSR count). The fourth-order valence-electron chi connectivity index (χ4n) is 6.16. The summed E-state index contributed by atoms with van der Waals surface area (Å²) in [7, 11) is 0. The first-order valence-electron chi connectivity index (χ1n) is 15.9. The van der Waals surface area contributed by atoms with Gasteiger partial charge in [-0.1, -0.05) is 127 Å². The van der Waals surface area contributed by atoms with E-state index in [-0.39, 0.29) is 17.7 Å². The molecular formula is C40H38N4O3. The van der Waals surface area contributed by atoms with Gasteiger partial charge in [0.1, 0.15) is 5.54 Å². The Hall–Kier alpha value is -5.53. The molecule has 7 nitrogen and oxygen atoms in total. The molecule has 1 aliphatic carbocycles. The van der Waals surface area contributed by atoms with Crippen LogP contribution in [0, 0.1) is 5.41 Å². The van der Waals surface area contributed by atoms with Crippen molar-refractivity contribution in [2.24, 2.45) is 0 Å². The Labute approximate surface area is 275 Å². The normalized spacial score (nSPS) is 13.0. The van der Waals surface area contributed by atoms with Gasteiger partial charge < -0.3 is 20.7 Å². The Kier molecular flexibility index (Phi) is 9.84. The Morgan fingerprint density at radius 3 is 1.70 bits per heavy atom. The molecule has 0 fully saturated rings. The number of alkyl carbamates (subject to hydrolysis) is 1. The lowest BCUT2D eigenvalue weighted by Gasteiger charge is -2.32. The van der Waals surface area contributed by atoms with Gasteiger partial charge in [-0.3, -0.25) is 10.2 Å². The number of carbonyl (C=O) groups is 2. The highest BCUT2D eigenvalue weighted by Gasteiger charge is 2.43. The molecule has 0 saturated heterocycles. The molecule has 0 unspecified atom stereocenters. The van der Waals surface area contributed by atoms with E-state index in [1.807, 2.05) is 66.7 Å². The van der Waals surface area contributed by atoms with Crippen LogP contribution in [0.25, 0.3) is 0 Å². The maximum absolute atomic E-state index is 14.1. The third-order valence-electron chi connectivity index (χ3n) is 8.73. The standard InChI is InChI=1S/C40H38N4O3/c41-37(47-39(46)43-27-29-12-4-1-5-13-29)33-22-20-30(21-23-33)26-42-38(45)40(24-34-18-10-11-19-35(34)25-40)44-28-36(31-14-6-2-7-15-31)32-16-8-3-9-17-32/h1-23,36,41,44H,24-28H2,(H,42,45)(H,43,46). The Morgan fingerprint density at radius 2 is 1.13 bits per heavy atom. The number of carbonyl (C=O) groups excluding carboxylic acids is 2. The lowest BCUT2D eigenvalue weighted by molar-refractivity contribution is -0.127. The molecule has 0 radical (unpaired) electrons. The lowest BCUT2D eigenvalue weighted by atomic mass is 9.88. The summed E-state index contributed by atoms with van der Waals surface area (Å²) in [6.07, 6.45) is 0.517. The van der Waals surface area contributed by atoms with Gasteiger partial charge in [-0.25, -0.2) is 4.79 Å². The minimum absolute atomic E-state index is 0.0520. The third-order valence-corrected chi connectivity index (χ3v) is 8.73. The van der Waals surface area contributed by atoms with Crippen LogP contribution in [0.3, 0.4) is 0 Å². The van der Waals surface area contributed by atoms with Crippen molar-refractivity contribution in [1.29, 1.82) is 5.41 Å². The molecule has 0 aromatic heterocycles. The fraction of sp³-hybridized carbons (Fsp3) is 0.175. The maximum atomic E-state index is 14.1. The second-order valence-electron chi connectivity index (χ2n) is 11.9. The van der Waals surface area contributed by atoms with Crippen LogP contribution in [-0.4, -0.2) is 30.0 Å². The van der Waals surface area contributed by atoms with Crippen molar-refractivity contribution >= 4 is 17.9 Å². The molecule has 0 aliphatic heterocycles. The SMILES string of the molecule is N=C(OC(=O)NCc1ccccc1)c1ccc(CNC(=O)C2(NCC(c3ccccc3)c3ccccc3)Cc3ccccc3C2)cc1. The van der Waals surface area contributed by atoms with Crippen LogP contribution in [0.2, 0.25) is 0 Å². The molecule has 236 valence electrons. The summed E-state index contributed by atoms with van der Waals surface area (Å²) in [5, 5.41) is 17.8. The van der Waals surface area contributed by atoms with Crippen molar-refractivity contribution in [3.63, 3.8) is 0 Å². The smallest absolute Gasteiger partial charge is 0.391 e. The van der Waals surface area contributed by atoms with Gasteiger partial charge in [-0.05, 0) is 45.5 Å². The van der Waals surface area contributed by atoms with Gasteiger partial charge in [0.15, 0.2) is 0 Å². The number of hydrogen-bond acceptors (Lipinski definition) is 5. The summed E-state index contributed by atoms with van der Waals surface area (Å²) in [6, 6.07) is 45.7. The average molecular weight is 623 g/mol. The van der Waals surface area contributed by atoms with Crippen LogP contribution in [-0.2, 0) is 35.5 Å². The summed E-state index contributed by atoms with van der Waals surface area (Å²) in [6.45, 7) is 1.24. The van der Waals surface area contributed by atoms with Crippen LogP contribution in [0.1, 0.15) is 44.9 Å². The minimum Gasteiger partial charge on any atom is -0.391 e. The number of rotatable bonds is 11. The third kappa shape index (κ3) is 7.83. The van der Waals surface area contributed by atoms with E-state index in [9.17, 15) is 9.59 Å². The zero-order valence-electron chi connectivity index (χ0n) is 26.1. The van der Waals surface area contributed by atoms with E-state index < -0.39 is 11.6 Å². The summed E-state index contributed by atoms with van der Waals surface area (Å²) < 4.78 is 5.17. The molecule has 0 bridgehead atoms. The van der Waals surface area contributed by atoms with E-state index in [0.29, 0.717) is 38.0 Å². The maximum Gasteiger partial charge on any atom is 0.414 e. The number of fused-ring (bicyclic) bond motifs is 1. The van der Waals surface area contributed by atoms with Gasteiger partial charge in [-0.2, -0.15) is 0 Å². The van der Waals surface area contributed by atoms with Crippen molar-refractivity contribution < 1.29 is 14.3 Å². The summed E-state index contributed by atoms with van der Waals surface area (Å²) in [5.74, 6) is -0.218. The van der Waals surface area contributed by atoms with Gasteiger partial charge in [-0.15, -0.1) is 0 Å². The van der Waals surface area contributed by atoms with Crippen molar-refractivity contribution in [2.45, 2.75) is 37.4 Å². The number of nitrogens with one attached hydrogen (secondary N) is 4. The van der Waals surface area contributed by atoms with E-state index in [1.54, 1.807) is 12.1 Å². The van der Waals surface area contributed by atoms with E-state index in [0.717, 1.165) is 11.1 Å². The van der Waals surface area contributed by atoms with Crippen LogP contribution in [0.15, 0.2) is 140 Å². The second-order valence-corrected chi connectivity index (χ2v) is 11.9. The monoisotopic (exact) mass is 622 g/mol. The van der Waals surface area contributed by atoms with Gasteiger partial charge in [0, 0.05) is 44.0 Å². The molecule has 0 atom stereocenters. The number of benzene rings is 5. The predicted octanol–water partition coefficient (Wildman–Crippen LogP) is 6.51. The minimum atomic E-state index is -0.797. The highest BCUT2D eigenvalue weighted by atomic mass is 16.6. The van der Waals surface area contributed by atoms with Crippen LogP contribution >= 0.6 is 0 Å². The number of ether oxygens (including phenoxy) is 1. The first-order chi connectivity index (χ1) is 23.0. The summed E-state index contributed by atoms with van der Waals surface area (Å²) in [4.78, 5) is 26.3. The van der Waals surface area contributed by atoms with Gasteiger partial charge in [0.25, 0.3) is 0 Å². The van der Waals surface area contributed by atoms with E-state index in [4.69, 9.17) is 10.1 Å². The van der Waals surface area contributed by atoms with Crippen molar-refractivity contribution in [3.05, 3.63) is 178 Å². The fourth-order valence-corrected chi connectivity index (χ4v) is 6.16. The van der Waals surface area contributed by atoms with Crippen molar-refractivity contribution in [2.75, 3.05) is 6.54 Å². The topological polar surface area (TPSA) is 103 Å². The van der Waals surface area contributed by atoms with E-state index in [2.05, 4.69) is 76.6 Å². The van der Waals surface area contributed by atoms with Gasteiger partial charge in [0.05, 0.1) is 0 Å². The summed E-state index contributed by atoms with van der Waals surface area (Å²) in [5.41, 5.74) is 6.24. The van der Waals surface area contributed by atoms with Crippen LogP contribution in [0.5, 0.6) is 0 Å². The zero-order chi connectivity index (χ0) is 32.5. The van der Waals surface area contributed by atoms with Gasteiger partial charge >= 0.3 is 6.09 Å². The molecule has 7 heteroatoms. The largest absolute Gasteiger partial charge is 0.414 e. The molecule has 0 saturated carbocycles. The lowest BCUT2D eigenvalue weighted by Crippen LogP contribution is -2.58. The molecule has 1 aliphatic rings. The Balaban J connectivity index is 1.10. The summed E-state index contributed by atoms with van der Waals surface area (Å²) >= 11 is 0.